The van der Waals surface area contributed by atoms with Gasteiger partial charge in [0.25, 0.3) is 0 Å². The Labute approximate surface area is 126 Å². The molecule has 7 heteroatoms. The molecule has 0 radical (unpaired) electrons. The van der Waals surface area contributed by atoms with Gasteiger partial charge in [0, 0.05) is 11.8 Å². The van der Waals surface area contributed by atoms with Crippen molar-refractivity contribution >= 4 is 23.4 Å². The van der Waals surface area contributed by atoms with E-state index in [-0.39, 0.29) is 5.25 Å². The number of aromatic nitrogens is 2. The van der Waals surface area contributed by atoms with E-state index in [1.807, 2.05) is 13.0 Å². The Bertz CT molecular complexity index is 638. The van der Waals surface area contributed by atoms with Crippen LogP contribution < -0.4 is 5.73 Å². The lowest BCUT2D eigenvalue weighted by Gasteiger charge is -2.12. The molecular formula is C13H13ClN4OS. The highest BCUT2D eigenvalue weighted by Crippen LogP contribution is 2.38. The molecule has 0 amide bonds. The second kappa shape index (κ2) is 6.75. The Morgan fingerprint density at radius 1 is 1.55 bits per heavy atom. The molecule has 2 heterocycles. The van der Waals surface area contributed by atoms with Crippen LogP contribution >= 0.6 is 23.4 Å². The van der Waals surface area contributed by atoms with Crippen LogP contribution in [0.15, 0.2) is 27.7 Å². The molecule has 104 valence electrons. The molecule has 2 aromatic rings. The number of pyridine rings is 1. The van der Waals surface area contributed by atoms with Crippen LogP contribution in [0, 0.1) is 18.3 Å². The van der Waals surface area contributed by atoms with Crippen LogP contribution in [0.3, 0.4) is 0 Å². The predicted octanol–water partition coefficient (Wildman–Crippen LogP) is 3.09. The van der Waals surface area contributed by atoms with Gasteiger partial charge in [0.1, 0.15) is 11.1 Å². The van der Waals surface area contributed by atoms with Crippen LogP contribution in [0.2, 0.25) is 5.15 Å². The first-order valence-corrected chi connectivity index (χ1v) is 7.26. The third-order valence-corrected chi connectivity index (χ3v) is 4.08. The van der Waals surface area contributed by atoms with Crippen molar-refractivity contribution in [1.29, 1.82) is 5.26 Å². The minimum atomic E-state index is -0.0681. The molecule has 0 aromatic carbocycles. The van der Waals surface area contributed by atoms with Crippen LogP contribution in [0.1, 0.15) is 28.7 Å². The summed E-state index contributed by atoms with van der Waals surface area (Å²) in [6, 6.07) is 7.38. The summed E-state index contributed by atoms with van der Waals surface area (Å²) < 4.78 is 5.19. The van der Waals surface area contributed by atoms with E-state index < -0.39 is 0 Å². The average Bonchev–Trinajstić information content (AvgIpc) is 2.85. The second-order valence-electron chi connectivity index (χ2n) is 4.15. The number of nitrogens with two attached hydrogens (primary N) is 1. The number of rotatable bonds is 5. The van der Waals surface area contributed by atoms with Gasteiger partial charge in [-0.25, -0.2) is 4.98 Å². The molecular weight excluding hydrogens is 296 g/mol. The Morgan fingerprint density at radius 2 is 2.35 bits per heavy atom. The number of hydrogen-bond acceptors (Lipinski definition) is 6. The maximum atomic E-state index is 9.14. The van der Waals surface area contributed by atoms with E-state index in [0.29, 0.717) is 34.5 Å². The van der Waals surface area contributed by atoms with Crippen molar-refractivity contribution in [1.82, 2.24) is 10.1 Å². The van der Waals surface area contributed by atoms with Gasteiger partial charge in [0.05, 0.1) is 10.8 Å². The zero-order valence-electron chi connectivity index (χ0n) is 10.8. The standard InChI is InChI=1S/C13H13ClN4OS/c1-8-2-3-9(7-16)13(17-8)20-11(4-5-15)10-6-12(14)18-19-10/h2-3,6,11H,4-5,15H2,1H3/t11-/m1/s1. The maximum Gasteiger partial charge on any atom is 0.172 e. The highest BCUT2D eigenvalue weighted by molar-refractivity contribution is 7.99. The summed E-state index contributed by atoms with van der Waals surface area (Å²) in [5.41, 5.74) is 7.02. The van der Waals surface area contributed by atoms with Gasteiger partial charge in [-0.2, -0.15) is 5.26 Å². The maximum absolute atomic E-state index is 9.14. The van der Waals surface area contributed by atoms with Gasteiger partial charge in [0.2, 0.25) is 0 Å². The van der Waals surface area contributed by atoms with Crippen molar-refractivity contribution in [3.63, 3.8) is 0 Å². The van der Waals surface area contributed by atoms with Crippen LogP contribution in [-0.2, 0) is 0 Å². The van der Waals surface area contributed by atoms with Crippen molar-refractivity contribution in [2.75, 3.05) is 6.54 Å². The Hall–Kier alpha value is -1.55. The summed E-state index contributed by atoms with van der Waals surface area (Å²) in [7, 11) is 0. The fourth-order valence-corrected chi connectivity index (χ4v) is 3.00. The van der Waals surface area contributed by atoms with Gasteiger partial charge < -0.3 is 10.3 Å². The van der Waals surface area contributed by atoms with E-state index >= 15 is 0 Å². The zero-order valence-corrected chi connectivity index (χ0v) is 12.4. The van der Waals surface area contributed by atoms with Crippen molar-refractivity contribution in [3.05, 3.63) is 40.4 Å². The molecule has 1 atom stereocenters. The number of nitrogens with zero attached hydrogens (tertiary/aromatic N) is 3. The van der Waals surface area contributed by atoms with Gasteiger partial charge in [0.15, 0.2) is 10.9 Å². The molecule has 0 aliphatic heterocycles. The molecule has 0 aliphatic rings. The van der Waals surface area contributed by atoms with Crippen molar-refractivity contribution < 1.29 is 4.52 Å². The minimum absolute atomic E-state index is 0.0681. The quantitative estimate of drug-likeness (QED) is 0.854. The Balaban J connectivity index is 2.29. The summed E-state index contributed by atoms with van der Waals surface area (Å²) in [4.78, 5) is 4.40. The SMILES string of the molecule is Cc1ccc(C#N)c(S[C@H](CCN)c2cc(Cl)no2)n1. The highest BCUT2D eigenvalue weighted by Gasteiger charge is 2.20. The molecule has 0 saturated carbocycles. The lowest BCUT2D eigenvalue weighted by Crippen LogP contribution is -2.05. The van der Waals surface area contributed by atoms with Gasteiger partial charge in [-0.05, 0) is 32.0 Å². The molecule has 0 aliphatic carbocycles. The van der Waals surface area contributed by atoms with E-state index in [1.54, 1.807) is 12.1 Å². The third-order valence-electron chi connectivity index (χ3n) is 2.62. The molecule has 2 rings (SSSR count). The van der Waals surface area contributed by atoms with E-state index in [1.165, 1.54) is 11.8 Å². The molecule has 0 saturated heterocycles. The zero-order chi connectivity index (χ0) is 14.5. The molecule has 2 aromatic heterocycles. The molecule has 2 N–H and O–H groups in total. The lowest BCUT2D eigenvalue weighted by molar-refractivity contribution is 0.379. The smallest absolute Gasteiger partial charge is 0.172 e. The van der Waals surface area contributed by atoms with E-state index in [2.05, 4.69) is 16.2 Å². The summed E-state index contributed by atoms with van der Waals surface area (Å²) in [5.74, 6) is 0.637. The van der Waals surface area contributed by atoms with Crippen LogP contribution in [0.25, 0.3) is 0 Å². The Kier molecular flexibility index (Phi) is 5.01. The highest BCUT2D eigenvalue weighted by atomic mass is 35.5. The second-order valence-corrected chi connectivity index (χ2v) is 5.73. The first kappa shape index (κ1) is 14.9. The summed E-state index contributed by atoms with van der Waals surface area (Å²) >= 11 is 7.22. The monoisotopic (exact) mass is 308 g/mol. The number of nitriles is 1. The number of hydrogen-bond donors (Lipinski definition) is 1. The Morgan fingerprint density at radius 3 is 2.95 bits per heavy atom. The van der Waals surface area contributed by atoms with Gasteiger partial charge in [-0.3, -0.25) is 0 Å². The average molecular weight is 309 g/mol. The third kappa shape index (κ3) is 3.51. The largest absolute Gasteiger partial charge is 0.359 e. The minimum Gasteiger partial charge on any atom is -0.359 e. The number of aryl methyl sites for hydroxylation is 1. The van der Waals surface area contributed by atoms with Gasteiger partial charge >= 0.3 is 0 Å². The fourth-order valence-electron chi connectivity index (χ4n) is 1.67. The van der Waals surface area contributed by atoms with Gasteiger partial charge in [-0.1, -0.05) is 28.5 Å². The molecule has 0 fully saturated rings. The number of thioether (sulfide) groups is 1. The van der Waals surface area contributed by atoms with Crippen molar-refractivity contribution in [2.24, 2.45) is 5.73 Å². The van der Waals surface area contributed by atoms with Gasteiger partial charge in [-0.15, -0.1) is 0 Å². The van der Waals surface area contributed by atoms with E-state index in [9.17, 15) is 0 Å². The summed E-state index contributed by atoms with van der Waals surface area (Å²) in [6.45, 7) is 2.37. The number of halogens is 1. The molecule has 5 nitrogen and oxygen atoms in total. The normalized spacial score (nSPS) is 12.1. The first-order valence-electron chi connectivity index (χ1n) is 6.00. The van der Waals surface area contributed by atoms with Crippen LogP contribution in [-0.4, -0.2) is 16.7 Å². The molecule has 20 heavy (non-hydrogen) atoms. The molecule has 0 bridgehead atoms. The van der Waals surface area contributed by atoms with Crippen molar-refractivity contribution in [3.8, 4) is 6.07 Å². The topological polar surface area (TPSA) is 88.7 Å². The van der Waals surface area contributed by atoms with Crippen molar-refractivity contribution in [2.45, 2.75) is 23.6 Å². The molecule has 0 spiro atoms. The summed E-state index contributed by atoms with van der Waals surface area (Å²) in [5, 5.41) is 13.7. The van der Waals surface area contributed by atoms with Crippen LogP contribution in [0.4, 0.5) is 0 Å². The van der Waals surface area contributed by atoms with Crippen LogP contribution in [0.5, 0.6) is 0 Å². The first-order chi connectivity index (χ1) is 9.63. The van der Waals surface area contributed by atoms with E-state index in [4.69, 9.17) is 27.1 Å². The lowest BCUT2D eigenvalue weighted by atomic mass is 10.2. The summed E-state index contributed by atoms with van der Waals surface area (Å²) in [6.07, 6.45) is 0.677. The predicted molar refractivity (Wildman–Crippen MR) is 77.5 cm³/mol. The van der Waals surface area contributed by atoms with E-state index in [0.717, 1.165) is 5.69 Å². The fraction of sp³-hybridized carbons (Fsp3) is 0.308. The molecule has 0 unspecified atom stereocenters.